The third kappa shape index (κ3) is 2.64. The van der Waals surface area contributed by atoms with Gasteiger partial charge in [0.2, 0.25) is 5.91 Å². The van der Waals surface area contributed by atoms with Gasteiger partial charge in [-0.1, -0.05) is 11.6 Å². The molecule has 1 aromatic carbocycles. The lowest BCUT2D eigenvalue weighted by Gasteiger charge is -2.24. The van der Waals surface area contributed by atoms with Gasteiger partial charge in [-0.3, -0.25) is 4.79 Å². The van der Waals surface area contributed by atoms with E-state index in [0.717, 1.165) is 0 Å². The molecule has 1 aliphatic rings. The molecule has 1 amide bonds. The summed E-state index contributed by atoms with van der Waals surface area (Å²) in [5.41, 5.74) is 5.86. The predicted molar refractivity (Wildman–Crippen MR) is 69.4 cm³/mol. The van der Waals surface area contributed by atoms with E-state index >= 15 is 0 Å². The van der Waals surface area contributed by atoms with E-state index in [0.29, 0.717) is 5.69 Å². The number of hydrogen-bond acceptors (Lipinski definition) is 4. The van der Waals surface area contributed by atoms with Crippen molar-refractivity contribution in [1.29, 1.82) is 0 Å². The van der Waals surface area contributed by atoms with Crippen molar-refractivity contribution in [1.82, 2.24) is 0 Å². The molecule has 7 heteroatoms. The Balaban J connectivity index is 2.36. The lowest BCUT2D eigenvalue weighted by atomic mass is 10.1. The van der Waals surface area contributed by atoms with E-state index in [9.17, 15) is 14.7 Å². The van der Waals surface area contributed by atoms with Gasteiger partial charge < -0.3 is 20.8 Å². The van der Waals surface area contributed by atoms with Crippen LogP contribution >= 0.6 is 11.6 Å². The second-order valence-corrected chi connectivity index (χ2v) is 4.83. The van der Waals surface area contributed by atoms with Crippen LogP contribution in [-0.4, -0.2) is 40.8 Å². The highest BCUT2D eigenvalue weighted by Gasteiger charge is 2.36. The number of aliphatic carboxylic acids is 1. The Morgan fingerprint density at radius 2 is 2.11 bits per heavy atom. The molecule has 2 atom stereocenters. The molecular weight excluding hydrogens is 272 g/mol. The molecule has 1 saturated heterocycles. The van der Waals surface area contributed by atoms with E-state index < -0.39 is 24.0 Å². The number of amides is 1. The summed E-state index contributed by atoms with van der Waals surface area (Å²) in [7, 11) is 0. The number of hydrogen-bond donors (Lipinski definition) is 3. The average Bonchev–Trinajstić information content (AvgIpc) is 2.71. The zero-order valence-corrected chi connectivity index (χ0v) is 10.7. The number of anilines is 1. The van der Waals surface area contributed by atoms with Gasteiger partial charge in [-0.15, -0.1) is 0 Å². The van der Waals surface area contributed by atoms with Crippen molar-refractivity contribution in [3.8, 4) is 0 Å². The van der Waals surface area contributed by atoms with Gasteiger partial charge in [-0.2, -0.15) is 0 Å². The summed E-state index contributed by atoms with van der Waals surface area (Å²) in [6.45, 7) is 0.187. The van der Waals surface area contributed by atoms with Crippen LogP contribution in [0.5, 0.6) is 0 Å². The highest BCUT2D eigenvalue weighted by Crippen LogP contribution is 2.32. The van der Waals surface area contributed by atoms with Crippen LogP contribution in [0.1, 0.15) is 16.8 Å². The van der Waals surface area contributed by atoms with Gasteiger partial charge in [0, 0.05) is 18.5 Å². The van der Waals surface area contributed by atoms with E-state index in [-0.39, 0.29) is 23.6 Å². The molecule has 0 bridgehead atoms. The molecule has 102 valence electrons. The first-order valence-electron chi connectivity index (χ1n) is 5.67. The number of β-amino-alcohol motifs (C(OH)–C–C–N with tert-alkyl or cyclic N) is 1. The van der Waals surface area contributed by atoms with Crippen LogP contribution in [0, 0.1) is 0 Å². The van der Waals surface area contributed by atoms with Crippen LogP contribution < -0.4 is 10.6 Å². The molecule has 0 aliphatic carbocycles. The summed E-state index contributed by atoms with van der Waals surface area (Å²) in [6, 6.07) is 3.58. The Bertz CT molecular complexity index is 534. The number of carboxylic acids is 1. The standard InChI is InChI=1S/C12H13ClN2O4/c13-8-3-6(11(14)17)1-2-9(8)15-5-7(16)4-10(15)12(18)19/h1-3,7,10,16H,4-5H2,(H2,14,17)(H,18,19). The van der Waals surface area contributed by atoms with Crippen molar-refractivity contribution in [2.45, 2.75) is 18.6 Å². The molecule has 1 aromatic rings. The van der Waals surface area contributed by atoms with Gasteiger partial charge >= 0.3 is 5.97 Å². The number of carboxylic acid groups (broad SMARTS) is 1. The first-order chi connectivity index (χ1) is 8.90. The topological polar surface area (TPSA) is 104 Å². The molecule has 1 heterocycles. The van der Waals surface area contributed by atoms with Crippen LogP contribution in [-0.2, 0) is 4.79 Å². The Morgan fingerprint density at radius 3 is 2.63 bits per heavy atom. The summed E-state index contributed by atoms with van der Waals surface area (Å²) in [5, 5.41) is 19.0. The minimum atomic E-state index is -1.02. The zero-order valence-electron chi connectivity index (χ0n) is 9.91. The second kappa shape index (κ2) is 5.07. The maximum atomic E-state index is 11.1. The first-order valence-corrected chi connectivity index (χ1v) is 6.05. The molecule has 0 spiro atoms. The second-order valence-electron chi connectivity index (χ2n) is 4.43. The predicted octanol–water partition coefficient (Wildman–Crippen LogP) is 0.463. The molecule has 1 aliphatic heterocycles. The molecule has 19 heavy (non-hydrogen) atoms. The Hall–Kier alpha value is -1.79. The van der Waals surface area contributed by atoms with E-state index in [1.807, 2.05) is 0 Å². The lowest BCUT2D eigenvalue weighted by molar-refractivity contribution is -0.138. The molecule has 0 aromatic heterocycles. The Morgan fingerprint density at radius 1 is 1.42 bits per heavy atom. The summed E-state index contributed by atoms with van der Waals surface area (Å²) in [6.07, 6.45) is -0.573. The van der Waals surface area contributed by atoms with Crippen molar-refractivity contribution in [3.63, 3.8) is 0 Å². The number of rotatable bonds is 3. The largest absolute Gasteiger partial charge is 0.480 e. The highest BCUT2D eigenvalue weighted by molar-refractivity contribution is 6.33. The van der Waals surface area contributed by atoms with E-state index in [1.54, 1.807) is 0 Å². The number of nitrogens with zero attached hydrogens (tertiary/aromatic N) is 1. The van der Waals surface area contributed by atoms with Gasteiger partial charge in [-0.05, 0) is 18.2 Å². The maximum Gasteiger partial charge on any atom is 0.326 e. The van der Waals surface area contributed by atoms with Crippen LogP contribution in [0.4, 0.5) is 5.69 Å². The number of primary amides is 1. The fraction of sp³-hybridized carbons (Fsp3) is 0.333. The molecule has 4 N–H and O–H groups in total. The van der Waals surface area contributed by atoms with E-state index in [2.05, 4.69) is 0 Å². The van der Waals surface area contributed by atoms with Crippen LogP contribution in [0.15, 0.2) is 18.2 Å². The Labute approximate surface area is 114 Å². The quantitative estimate of drug-likeness (QED) is 0.748. The summed E-state index contributed by atoms with van der Waals surface area (Å²) < 4.78 is 0. The van der Waals surface area contributed by atoms with Crippen molar-refractivity contribution >= 4 is 29.2 Å². The monoisotopic (exact) mass is 284 g/mol. The van der Waals surface area contributed by atoms with Gasteiger partial charge in [0.1, 0.15) is 6.04 Å². The number of carbonyl (C=O) groups excluding carboxylic acids is 1. The van der Waals surface area contributed by atoms with Gasteiger partial charge in [0.15, 0.2) is 0 Å². The molecule has 2 unspecified atom stereocenters. The Kier molecular flexibility index (Phi) is 3.64. The third-order valence-corrected chi connectivity index (χ3v) is 3.41. The normalized spacial score (nSPS) is 22.5. The number of nitrogens with two attached hydrogens (primary N) is 1. The minimum absolute atomic E-state index is 0.142. The number of carbonyl (C=O) groups is 2. The number of aliphatic hydroxyl groups excluding tert-OH is 1. The van der Waals surface area contributed by atoms with Crippen molar-refractivity contribution in [2.75, 3.05) is 11.4 Å². The minimum Gasteiger partial charge on any atom is -0.480 e. The number of halogens is 1. The average molecular weight is 285 g/mol. The van der Waals surface area contributed by atoms with Crippen molar-refractivity contribution in [3.05, 3.63) is 28.8 Å². The molecular formula is C12H13ClN2O4. The van der Waals surface area contributed by atoms with Crippen LogP contribution in [0.2, 0.25) is 5.02 Å². The van der Waals surface area contributed by atoms with Crippen LogP contribution in [0.25, 0.3) is 0 Å². The molecule has 6 nitrogen and oxygen atoms in total. The molecule has 2 rings (SSSR count). The fourth-order valence-electron chi connectivity index (χ4n) is 2.21. The number of benzene rings is 1. The van der Waals surface area contributed by atoms with Gasteiger partial charge in [-0.25, -0.2) is 4.79 Å². The van der Waals surface area contributed by atoms with Gasteiger partial charge in [0.05, 0.1) is 16.8 Å². The van der Waals surface area contributed by atoms with E-state index in [4.69, 9.17) is 22.4 Å². The molecule has 1 fully saturated rings. The first kappa shape index (κ1) is 13.6. The third-order valence-electron chi connectivity index (χ3n) is 3.11. The van der Waals surface area contributed by atoms with Gasteiger partial charge in [0.25, 0.3) is 0 Å². The number of aliphatic hydroxyl groups is 1. The summed E-state index contributed by atoms with van der Waals surface area (Å²) in [4.78, 5) is 23.7. The molecule has 0 saturated carbocycles. The maximum absolute atomic E-state index is 11.1. The van der Waals surface area contributed by atoms with Crippen molar-refractivity contribution in [2.24, 2.45) is 5.73 Å². The smallest absolute Gasteiger partial charge is 0.326 e. The fourth-order valence-corrected chi connectivity index (χ4v) is 2.50. The SMILES string of the molecule is NC(=O)c1ccc(N2CC(O)CC2C(=O)O)c(Cl)c1. The summed E-state index contributed by atoms with van der Waals surface area (Å²) in [5.74, 6) is -1.63. The van der Waals surface area contributed by atoms with Crippen LogP contribution in [0.3, 0.4) is 0 Å². The molecule has 0 radical (unpaired) electrons. The van der Waals surface area contributed by atoms with Crippen molar-refractivity contribution < 1.29 is 19.8 Å². The lowest BCUT2D eigenvalue weighted by Crippen LogP contribution is -2.36. The summed E-state index contributed by atoms with van der Waals surface area (Å²) >= 11 is 6.05. The van der Waals surface area contributed by atoms with E-state index in [1.165, 1.54) is 23.1 Å². The zero-order chi connectivity index (χ0) is 14.2. The highest BCUT2D eigenvalue weighted by atomic mass is 35.5.